The smallest absolute Gasteiger partial charge is 0.241 e. The molecule has 0 saturated carbocycles. The number of rotatable bonds is 6. The number of nitrogens with zero attached hydrogens (tertiary/aromatic N) is 1. The van der Waals surface area contributed by atoms with E-state index in [1.807, 2.05) is 18.2 Å². The minimum absolute atomic E-state index is 0.0679. The largest absolute Gasteiger partial charge is 0.323 e. The van der Waals surface area contributed by atoms with Crippen molar-refractivity contribution >= 4 is 5.91 Å². The summed E-state index contributed by atoms with van der Waals surface area (Å²) in [5, 5.41) is 3.50. The summed E-state index contributed by atoms with van der Waals surface area (Å²) >= 11 is 0. The Labute approximate surface area is 122 Å². The number of carbonyl (C=O) groups excluding carboxylic acids is 1. The Morgan fingerprint density at radius 1 is 1.25 bits per heavy atom. The van der Waals surface area contributed by atoms with Gasteiger partial charge in [-0.05, 0) is 31.7 Å². The monoisotopic (exact) mass is 274 g/mol. The Morgan fingerprint density at radius 2 is 1.95 bits per heavy atom. The van der Waals surface area contributed by atoms with E-state index < -0.39 is 0 Å². The van der Waals surface area contributed by atoms with Crippen molar-refractivity contribution in [1.82, 2.24) is 10.2 Å². The van der Waals surface area contributed by atoms with E-state index in [2.05, 4.69) is 43.1 Å². The minimum atomic E-state index is -0.0679. The van der Waals surface area contributed by atoms with Gasteiger partial charge in [-0.25, -0.2) is 0 Å². The first-order valence-electron chi connectivity index (χ1n) is 7.79. The third kappa shape index (κ3) is 3.21. The Kier molecular flexibility index (Phi) is 5.18. The van der Waals surface area contributed by atoms with Crippen molar-refractivity contribution in [1.29, 1.82) is 0 Å². The highest BCUT2D eigenvalue weighted by Crippen LogP contribution is 2.21. The number of hydrogen-bond acceptors (Lipinski definition) is 2. The molecule has 0 bridgehead atoms. The molecule has 3 atom stereocenters. The van der Waals surface area contributed by atoms with Crippen molar-refractivity contribution in [3.05, 3.63) is 35.9 Å². The zero-order valence-corrected chi connectivity index (χ0v) is 12.8. The summed E-state index contributed by atoms with van der Waals surface area (Å²) in [5.74, 6) is 0.265. The average Bonchev–Trinajstić information content (AvgIpc) is 2.77. The van der Waals surface area contributed by atoms with Crippen molar-refractivity contribution in [3.8, 4) is 0 Å². The lowest BCUT2D eigenvalue weighted by Gasteiger charge is -2.29. The molecular weight excluding hydrogens is 248 g/mol. The third-order valence-electron chi connectivity index (χ3n) is 4.13. The zero-order chi connectivity index (χ0) is 14.5. The van der Waals surface area contributed by atoms with Gasteiger partial charge in [0.25, 0.3) is 0 Å². The molecule has 110 valence electrons. The molecule has 1 aromatic carbocycles. The lowest BCUT2D eigenvalue weighted by Crippen LogP contribution is -2.42. The van der Waals surface area contributed by atoms with Crippen LogP contribution in [0.1, 0.15) is 45.6 Å². The zero-order valence-electron chi connectivity index (χ0n) is 12.8. The lowest BCUT2D eigenvalue weighted by atomic mass is 10.1. The molecule has 0 aliphatic carbocycles. The fourth-order valence-corrected chi connectivity index (χ4v) is 3.11. The van der Waals surface area contributed by atoms with Gasteiger partial charge in [0.2, 0.25) is 5.91 Å². The SMILES string of the molecule is CCCC(C)N1C(=O)C(Cc2ccccc2)NC1CC. The molecule has 0 radical (unpaired) electrons. The second-order valence-electron chi connectivity index (χ2n) is 5.72. The molecule has 3 nitrogen and oxygen atoms in total. The Morgan fingerprint density at radius 3 is 2.55 bits per heavy atom. The molecule has 20 heavy (non-hydrogen) atoms. The molecule has 2 rings (SSSR count). The molecule has 1 heterocycles. The van der Waals surface area contributed by atoms with E-state index in [4.69, 9.17) is 0 Å². The highest BCUT2D eigenvalue weighted by Gasteiger charge is 2.39. The maximum Gasteiger partial charge on any atom is 0.241 e. The van der Waals surface area contributed by atoms with Gasteiger partial charge in [0.05, 0.1) is 12.2 Å². The highest BCUT2D eigenvalue weighted by molar-refractivity contribution is 5.85. The van der Waals surface area contributed by atoms with Crippen LogP contribution >= 0.6 is 0 Å². The van der Waals surface area contributed by atoms with Crippen LogP contribution < -0.4 is 5.32 Å². The first-order chi connectivity index (χ1) is 9.67. The Hall–Kier alpha value is -1.35. The number of carbonyl (C=O) groups is 1. The molecule has 1 fully saturated rings. The van der Waals surface area contributed by atoms with Gasteiger partial charge in [0.15, 0.2) is 0 Å². The summed E-state index contributed by atoms with van der Waals surface area (Å²) < 4.78 is 0. The molecule has 3 heteroatoms. The molecule has 1 saturated heterocycles. The Balaban J connectivity index is 2.08. The normalized spacial score (nSPS) is 24.1. The van der Waals surface area contributed by atoms with Gasteiger partial charge in [-0.3, -0.25) is 10.1 Å². The van der Waals surface area contributed by atoms with Crippen molar-refractivity contribution < 1.29 is 4.79 Å². The molecular formula is C17H26N2O. The number of benzene rings is 1. The van der Waals surface area contributed by atoms with Crippen LogP contribution in [0.15, 0.2) is 30.3 Å². The fourth-order valence-electron chi connectivity index (χ4n) is 3.11. The van der Waals surface area contributed by atoms with Crippen LogP contribution in [0.2, 0.25) is 0 Å². The van der Waals surface area contributed by atoms with E-state index in [9.17, 15) is 4.79 Å². The van der Waals surface area contributed by atoms with E-state index in [1.54, 1.807) is 0 Å². The second-order valence-corrected chi connectivity index (χ2v) is 5.72. The van der Waals surface area contributed by atoms with Crippen LogP contribution in [0.25, 0.3) is 0 Å². The van der Waals surface area contributed by atoms with Gasteiger partial charge >= 0.3 is 0 Å². The van der Waals surface area contributed by atoms with Gasteiger partial charge in [0, 0.05) is 6.04 Å². The van der Waals surface area contributed by atoms with E-state index in [0.717, 1.165) is 25.7 Å². The minimum Gasteiger partial charge on any atom is -0.323 e. The Bertz CT molecular complexity index is 432. The first-order valence-corrected chi connectivity index (χ1v) is 7.79. The second kappa shape index (κ2) is 6.89. The van der Waals surface area contributed by atoms with E-state index in [0.29, 0.717) is 6.04 Å². The maximum absolute atomic E-state index is 12.7. The lowest BCUT2D eigenvalue weighted by molar-refractivity contribution is -0.132. The fraction of sp³-hybridized carbons (Fsp3) is 0.588. The first kappa shape index (κ1) is 15.0. The molecule has 1 aliphatic rings. The summed E-state index contributed by atoms with van der Waals surface area (Å²) in [4.78, 5) is 14.7. The van der Waals surface area contributed by atoms with Crippen LogP contribution in [0.3, 0.4) is 0 Å². The van der Waals surface area contributed by atoms with Crippen LogP contribution in [0, 0.1) is 0 Å². The highest BCUT2D eigenvalue weighted by atomic mass is 16.2. The summed E-state index contributed by atoms with van der Waals surface area (Å²) in [5.41, 5.74) is 1.22. The van der Waals surface area contributed by atoms with Gasteiger partial charge in [-0.1, -0.05) is 50.6 Å². The van der Waals surface area contributed by atoms with Crippen LogP contribution in [0.5, 0.6) is 0 Å². The van der Waals surface area contributed by atoms with Crippen LogP contribution in [0.4, 0.5) is 0 Å². The molecule has 1 amide bonds. The van der Waals surface area contributed by atoms with Crippen molar-refractivity contribution in [2.45, 2.75) is 64.7 Å². The number of hydrogen-bond donors (Lipinski definition) is 1. The van der Waals surface area contributed by atoms with Gasteiger partial charge in [-0.2, -0.15) is 0 Å². The third-order valence-corrected chi connectivity index (χ3v) is 4.13. The predicted molar refractivity (Wildman–Crippen MR) is 82.4 cm³/mol. The summed E-state index contributed by atoms with van der Waals surface area (Å²) in [6, 6.07) is 10.5. The summed E-state index contributed by atoms with van der Waals surface area (Å²) in [6.07, 6.45) is 4.13. The van der Waals surface area contributed by atoms with Crippen molar-refractivity contribution in [2.75, 3.05) is 0 Å². The van der Waals surface area contributed by atoms with Gasteiger partial charge in [-0.15, -0.1) is 0 Å². The predicted octanol–water partition coefficient (Wildman–Crippen LogP) is 2.95. The quantitative estimate of drug-likeness (QED) is 0.865. The van der Waals surface area contributed by atoms with Gasteiger partial charge in [0.1, 0.15) is 0 Å². The molecule has 1 N–H and O–H groups in total. The molecule has 1 aromatic rings. The van der Waals surface area contributed by atoms with Crippen molar-refractivity contribution in [3.63, 3.8) is 0 Å². The summed E-state index contributed by atoms with van der Waals surface area (Å²) in [7, 11) is 0. The maximum atomic E-state index is 12.7. The van der Waals surface area contributed by atoms with Gasteiger partial charge < -0.3 is 4.90 Å². The average molecular weight is 274 g/mol. The van der Waals surface area contributed by atoms with Crippen LogP contribution in [-0.2, 0) is 11.2 Å². The topological polar surface area (TPSA) is 32.3 Å². The van der Waals surface area contributed by atoms with E-state index in [-0.39, 0.29) is 18.1 Å². The van der Waals surface area contributed by atoms with E-state index in [1.165, 1.54) is 5.56 Å². The standard InChI is InChI=1S/C17H26N2O/c1-4-9-13(3)19-16(5-2)18-15(17(19)20)12-14-10-7-6-8-11-14/h6-8,10-11,13,15-16,18H,4-5,9,12H2,1-3H3. The number of amides is 1. The van der Waals surface area contributed by atoms with Crippen LogP contribution in [-0.4, -0.2) is 29.1 Å². The molecule has 0 aromatic heterocycles. The van der Waals surface area contributed by atoms with E-state index >= 15 is 0 Å². The summed E-state index contributed by atoms with van der Waals surface area (Å²) in [6.45, 7) is 6.48. The molecule has 0 spiro atoms. The molecule has 3 unspecified atom stereocenters. The van der Waals surface area contributed by atoms with Crippen molar-refractivity contribution in [2.24, 2.45) is 0 Å². The number of nitrogens with one attached hydrogen (secondary N) is 1. The molecule has 1 aliphatic heterocycles.